The summed E-state index contributed by atoms with van der Waals surface area (Å²) in [6.07, 6.45) is -0.753. The number of Topliss-reactive ketones (excluding diaryl/α,β-unsaturated/α-hetero) is 1. The highest BCUT2D eigenvalue weighted by molar-refractivity contribution is 5.99. The minimum Gasteiger partial charge on any atom is -0.496 e. The number of benzene rings is 1. The van der Waals surface area contributed by atoms with Crippen LogP contribution in [-0.2, 0) is 9.47 Å². The number of hydrogen-bond acceptors (Lipinski definition) is 4. The van der Waals surface area contributed by atoms with Gasteiger partial charge in [-0.2, -0.15) is 0 Å². The second kappa shape index (κ2) is 6.32. The quantitative estimate of drug-likeness (QED) is 0.565. The molecule has 0 aromatic heterocycles. The maximum Gasteiger partial charge on any atom is 0.174 e. The summed E-state index contributed by atoms with van der Waals surface area (Å²) >= 11 is 0. The van der Waals surface area contributed by atoms with E-state index in [4.69, 9.17) is 14.2 Å². The van der Waals surface area contributed by atoms with E-state index in [0.29, 0.717) is 0 Å². The summed E-state index contributed by atoms with van der Waals surface area (Å²) in [6.45, 7) is 0. The third-order valence-corrected chi connectivity index (χ3v) is 2.35. The second-order valence-electron chi connectivity index (χ2n) is 3.35. The molecule has 0 aliphatic carbocycles. The third-order valence-electron chi connectivity index (χ3n) is 2.35. The van der Waals surface area contributed by atoms with Gasteiger partial charge in [-0.25, -0.2) is 4.39 Å². The molecule has 4 nitrogen and oxygen atoms in total. The second-order valence-corrected chi connectivity index (χ2v) is 3.35. The van der Waals surface area contributed by atoms with Gasteiger partial charge in [-0.3, -0.25) is 4.79 Å². The van der Waals surface area contributed by atoms with E-state index in [9.17, 15) is 9.18 Å². The van der Waals surface area contributed by atoms with Gasteiger partial charge in [0.1, 0.15) is 11.6 Å². The molecular weight excluding hydrogens is 227 g/mol. The van der Waals surface area contributed by atoms with Gasteiger partial charge in [0.05, 0.1) is 19.1 Å². The van der Waals surface area contributed by atoms with E-state index >= 15 is 0 Å². The van der Waals surface area contributed by atoms with Crippen LogP contribution in [0.25, 0.3) is 0 Å². The van der Waals surface area contributed by atoms with E-state index in [-0.39, 0.29) is 17.7 Å². The number of hydrogen-bond donors (Lipinski definition) is 0. The van der Waals surface area contributed by atoms with Crippen molar-refractivity contribution in [2.45, 2.75) is 12.7 Å². The van der Waals surface area contributed by atoms with Gasteiger partial charge in [-0.15, -0.1) is 0 Å². The van der Waals surface area contributed by atoms with Crippen molar-refractivity contribution in [3.63, 3.8) is 0 Å². The predicted octanol–water partition coefficient (Wildman–Crippen LogP) is 2.03. The average molecular weight is 242 g/mol. The van der Waals surface area contributed by atoms with Crippen molar-refractivity contribution >= 4 is 5.78 Å². The van der Waals surface area contributed by atoms with Crippen molar-refractivity contribution in [1.82, 2.24) is 0 Å². The molecule has 0 N–H and O–H groups in total. The van der Waals surface area contributed by atoms with E-state index < -0.39 is 17.9 Å². The lowest BCUT2D eigenvalue weighted by atomic mass is 10.1. The maximum atomic E-state index is 13.6. The monoisotopic (exact) mass is 242 g/mol. The Morgan fingerprint density at radius 2 is 1.94 bits per heavy atom. The first-order chi connectivity index (χ1) is 8.13. The first-order valence-electron chi connectivity index (χ1n) is 5.05. The van der Waals surface area contributed by atoms with Crippen LogP contribution in [-0.4, -0.2) is 33.4 Å². The lowest BCUT2D eigenvalue weighted by Gasteiger charge is -2.14. The molecule has 0 saturated carbocycles. The van der Waals surface area contributed by atoms with Gasteiger partial charge in [-0.05, 0) is 12.1 Å². The summed E-state index contributed by atoms with van der Waals surface area (Å²) in [4.78, 5) is 11.9. The Morgan fingerprint density at radius 1 is 1.29 bits per heavy atom. The standard InChI is InChI=1S/C12H15FO4/c1-15-10-6-4-5-8(13)12(10)9(14)7-11(16-2)17-3/h4-6,11H,7H2,1-3H3. The molecule has 0 heterocycles. The zero-order valence-electron chi connectivity index (χ0n) is 10.0. The SMILES string of the molecule is COc1cccc(F)c1C(=O)CC(OC)OC. The summed E-state index contributed by atoms with van der Waals surface area (Å²) < 4.78 is 28.3. The lowest BCUT2D eigenvalue weighted by molar-refractivity contribution is -0.0993. The number of rotatable bonds is 6. The Balaban J connectivity index is 2.95. The zero-order chi connectivity index (χ0) is 12.8. The summed E-state index contributed by atoms with van der Waals surface area (Å²) in [6, 6.07) is 4.23. The molecule has 0 amide bonds. The predicted molar refractivity (Wildman–Crippen MR) is 59.7 cm³/mol. The molecule has 1 rings (SSSR count). The van der Waals surface area contributed by atoms with Crippen molar-refractivity contribution in [2.24, 2.45) is 0 Å². The Morgan fingerprint density at radius 3 is 2.47 bits per heavy atom. The van der Waals surface area contributed by atoms with Crippen LogP contribution in [0.4, 0.5) is 4.39 Å². The van der Waals surface area contributed by atoms with E-state index in [0.717, 1.165) is 0 Å². The molecule has 0 atom stereocenters. The highest BCUT2D eigenvalue weighted by Crippen LogP contribution is 2.23. The molecule has 0 bridgehead atoms. The summed E-state index contributed by atoms with van der Waals surface area (Å²) in [5.74, 6) is -0.824. The number of halogens is 1. The zero-order valence-corrected chi connectivity index (χ0v) is 10.0. The molecule has 1 aromatic carbocycles. The van der Waals surface area contributed by atoms with Gasteiger partial charge in [0, 0.05) is 14.2 Å². The van der Waals surface area contributed by atoms with Gasteiger partial charge in [-0.1, -0.05) is 6.07 Å². The molecule has 0 saturated heterocycles. The average Bonchev–Trinajstić information content (AvgIpc) is 2.35. The summed E-state index contributed by atoms with van der Waals surface area (Å²) in [7, 11) is 4.22. The number of ether oxygens (including phenoxy) is 3. The van der Waals surface area contributed by atoms with Gasteiger partial charge in [0.2, 0.25) is 0 Å². The summed E-state index contributed by atoms with van der Waals surface area (Å²) in [5.41, 5.74) is -0.0749. The highest BCUT2D eigenvalue weighted by Gasteiger charge is 2.21. The summed E-state index contributed by atoms with van der Waals surface area (Å²) in [5, 5.41) is 0. The van der Waals surface area contributed by atoms with Crippen LogP contribution >= 0.6 is 0 Å². The molecule has 0 fully saturated rings. The number of carbonyl (C=O) groups excluding carboxylic acids is 1. The molecule has 0 spiro atoms. The molecule has 5 heteroatoms. The van der Waals surface area contributed by atoms with Crippen molar-refractivity contribution in [3.8, 4) is 5.75 Å². The van der Waals surface area contributed by atoms with E-state index in [1.807, 2.05) is 0 Å². The van der Waals surface area contributed by atoms with Crippen LogP contribution in [0.3, 0.4) is 0 Å². The van der Waals surface area contributed by atoms with Gasteiger partial charge in [0.15, 0.2) is 12.1 Å². The minimum absolute atomic E-state index is 0.0652. The topological polar surface area (TPSA) is 44.8 Å². The van der Waals surface area contributed by atoms with Gasteiger partial charge in [0.25, 0.3) is 0 Å². The van der Waals surface area contributed by atoms with E-state index in [1.165, 1.54) is 39.5 Å². The molecule has 94 valence electrons. The first kappa shape index (κ1) is 13.6. The number of ketones is 1. The molecule has 1 aromatic rings. The van der Waals surface area contributed by atoms with Crippen molar-refractivity contribution in [1.29, 1.82) is 0 Å². The first-order valence-corrected chi connectivity index (χ1v) is 5.05. The molecular formula is C12H15FO4. The maximum absolute atomic E-state index is 13.6. The smallest absolute Gasteiger partial charge is 0.174 e. The number of methoxy groups -OCH3 is 3. The Hall–Kier alpha value is -1.46. The Bertz CT molecular complexity index is 388. The Kier molecular flexibility index (Phi) is 5.06. The molecule has 0 radical (unpaired) electrons. The molecule has 17 heavy (non-hydrogen) atoms. The fourth-order valence-electron chi connectivity index (χ4n) is 1.46. The van der Waals surface area contributed by atoms with E-state index in [1.54, 1.807) is 0 Å². The molecule has 0 aliphatic rings. The highest BCUT2D eigenvalue weighted by atomic mass is 19.1. The van der Waals surface area contributed by atoms with Crippen LogP contribution < -0.4 is 4.74 Å². The van der Waals surface area contributed by atoms with Gasteiger partial charge >= 0.3 is 0 Å². The van der Waals surface area contributed by atoms with Crippen molar-refractivity contribution in [3.05, 3.63) is 29.6 Å². The fourth-order valence-corrected chi connectivity index (χ4v) is 1.46. The minimum atomic E-state index is -0.688. The van der Waals surface area contributed by atoms with Gasteiger partial charge < -0.3 is 14.2 Å². The van der Waals surface area contributed by atoms with E-state index in [2.05, 4.69) is 0 Å². The molecule has 0 aliphatic heterocycles. The van der Waals surface area contributed by atoms with Crippen molar-refractivity contribution < 1.29 is 23.4 Å². The van der Waals surface area contributed by atoms with Crippen molar-refractivity contribution in [2.75, 3.05) is 21.3 Å². The number of carbonyl (C=O) groups is 1. The largest absolute Gasteiger partial charge is 0.496 e. The Labute approximate surface area is 99.3 Å². The fraction of sp³-hybridized carbons (Fsp3) is 0.417. The van der Waals surface area contributed by atoms with Crippen LogP contribution in [0.1, 0.15) is 16.8 Å². The molecule has 0 unspecified atom stereocenters. The lowest BCUT2D eigenvalue weighted by Crippen LogP contribution is -2.19. The van der Waals surface area contributed by atoms with Crippen LogP contribution in [0.2, 0.25) is 0 Å². The normalized spacial score (nSPS) is 10.6. The third kappa shape index (κ3) is 3.25. The van der Waals surface area contributed by atoms with Crippen LogP contribution in [0.15, 0.2) is 18.2 Å². The van der Waals surface area contributed by atoms with Crippen LogP contribution in [0.5, 0.6) is 5.75 Å². The van der Waals surface area contributed by atoms with Crippen LogP contribution in [0, 0.1) is 5.82 Å².